The van der Waals surface area contributed by atoms with Gasteiger partial charge in [0.05, 0.1) is 5.52 Å². The van der Waals surface area contributed by atoms with Gasteiger partial charge in [0.1, 0.15) is 11.7 Å². The lowest BCUT2D eigenvalue weighted by molar-refractivity contribution is -0.124. The molecule has 5 heteroatoms. The van der Waals surface area contributed by atoms with Crippen LogP contribution in [0.15, 0.2) is 48.5 Å². The number of nitrogens with zero attached hydrogens (tertiary/aromatic N) is 2. The topological polar surface area (TPSA) is 46.9 Å². The fourth-order valence-electron chi connectivity index (χ4n) is 2.79. The van der Waals surface area contributed by atoms with E-state index in [9.17, 15) is 4.79 Å². The summed E-state index contributed by atoms with van der Waals surface area (Å²) in [5.74, 6) is -0.0340. The molecule has 0 saturated carbocycles. The van der Waals surface area contributed by atoms with Crippen LogP contribution in [0.3, 0.4) is 0 Å². The van der Waals surface area contributed by atoms with Crippen molar-refractivity contribution >= 4 is 28.4 Å². The fourth-order valence-corrected chi connectivity index (χ4v) is 2.97. The minimum absolute atomic E-state index is 0.0340. The number of aromatic nitrogens is 2. The van der Waals surface area contributed by atoms with Crippen molar-refractivity contribution in [1.29, 1.82) is 0 Å². The molecule has 130 valence electrons. The van der Waals surface area contributed by atoms with E-state index >= 15 is 0 Å². The molecule has 0 aliphatic heterocycles. The van der Waals surface area contributed by atoms with Crippen LogP contribution in [-0.2, 0) is 4.79 Å². The number of amides is 1. The lowest BCUT2D eigenvalue weighted by Gasteiger charge is -2.17. The van der Waals surface area contributed by atoms with Gasteiger partial charge < -0.3 is 5.32 Å². The Balaban J connectivity index is 2.09. The number of benzene rings is 2. The third-order valence-corrected chi connectivity index (χ3v) is 4.70. The fraction of sp³-hybridized carbons (Fsp3) is 0.300. The second-order valence-electron chi connectivity index (χ2n) is 6.31. The van der Waals surface area contributed by atoms with Crippen LogP contribution in [0.25, 0.3) is 22.2 Å². The lowest BCUT2D eigenvalue weighted by atomic mass is 10.1. The van der Waals surface area contributed by atoms with Crippen LogP contribution < -0.4 is 5.32 Å². The summed E-state index contributed by atoms with van der Waals surface area (Å²) < 4.78 is 1.78. The van der Waals surface area contributed by atoms with Gasteiger partial charge >= 0.3 is 0 Å². The number of hydrogen-bond donors (Lipinski definition) is 1. The molecule has 2 atom stereocenters. The van der Waals surface area contributed by atoms with E-state index in [4.69, 9.17) is 16.7 Å². The number of hydrogen-bond acceptors (Lipinski definition) is 2. The summed E-state index contributed by atoms with van der Waals surface area (Å²) in [6.45, 7) is 5.92. The van der Waals surface area contributed by atoms with E-state index in [1.54, 1.807) is 4.68 Å². The number of rotatable bonds is 5. The van der Waals surface area contributed by atoms with E-state index in [1.807, 2.05) is 62.4 Å². The van der Waals surface area contributed by atoms with Gasteiger partial charge in [0, 0.05) is 22.0 Å². The van der Waals surface area contributed by atoms with Crippen LogP contribution >= 0.6 is 11.6 Å². The van der Waals surface area contributed by atoms with E-state index in [0.717, 1.165) is 28.6 Å². The Bertz CT molecular complexity index is 889. The van der Waals surface area contributed by atoms with E-state index < -0.39 is 6.04 Å². The first-order valence-corrected chi connectivity index (χ1v) is 8.92. The Hall–Kier alpha value is -2.33. The molecule has 0 aliphatic carbocycles. The zero-order chi connectivity index (χ0) is 18.0. The van der Waals surface area contributed by atoms with Gasteiger partial charge in [-0.3, -0.25) is 9.48 Å². The van der Waals surface area contributed by atoms with Crippen molar-refractivity contribution in [3.8, 4) is 11.3 Å². The predicted molar refractivity (Wildman–Crippen MR) is 103 cm³/mol. The van der Waals surface area contributed by atoms with Crippen LogP contribution in [0.2, 0.25) is 5.02 Å². The maximum absolute atomic E-state index is 12.6. The van der Waals surface area contributed by atoms with Gasteiger partial charge in [0.2, 0.25) is 5.91 Å². The molecule has 2 aromatic carbocycles. The molecule has 1 amide bonds. The molecule has 0 fully saturated rings. The smallest absolute Gasteiger partial charge is 0.244 e. The standard InChI is InChI=1S/C20H22ClN3O/c1-4-13(2)22-20(25)14(3)24-18-11-10-16(21)12-17(18)19(23-24)15-8-6-5-7-9-15/h5-14H,4H2,1-3H3,(H,22,25)/t13-,14-/m0/s1. The third kappa shape index (κ3) is 3.54. The van der Waals surface area contributed by atoms with Crippen molar-refractivity contribution < 1.29 is 4.79 Å². The maximum atomic E-state index is 12.6. The molecule has 0 saturated heterocycles. The highest BCUT2D eigenvalue weighted by Gasteiger charge is 2.22. The first kappa shape index (κ1) is 17.5. The number of nitrogens with one attached hydrogen (secondary N) is 1. The second kappa shape index (κ2) is 7.28. The molecule has 1 aromatic heterocycles. The Labute approximate surface area is 152 Å². The molecule has 1 N–H and O–H groups in total. The highest BCUT2D eigenvalue weighted by atomic mass is 35.5. The van der Waals surface area contributed by atoms with E-state index in [2.05, 4.69) is 12.2 Å². The van der Waals surface area contributed by atoms with E-state index in [1.165, 1.54) is 0 Å². The van der Waals surface area contributed by atoms with Crippen molar-refractivity contribution in [3.05, 3.63) is 53.6 Å². The molecule has 0 bridgehead atoms. The van der Waals surface area contributed by atoms with Gasteiger partial charge in [0.25, 0.3) is 0 Å². The summed E-state index contributed by atoms with van der Waals surface area (Å²) in [7, 11) is 0. The molecule has 4 nitrogen and oxygen atoms in total. The van der Waals surface area contributed by atoms with Crippen LogP contribution in [-0.4, -0.2) is 21.7 Å². The molecule has 0 spiro atoms. The highest BCUT2D eigenvalue weighted by molar-refractivity contribution is 6.31. The van der Waals surface area contributed by atoms with Gasteiger partial charge in [0.15, 0.2) is 0 Å². The molecule has 3 aromatic rings. The van der Waals surface area contributed by atoms with Crippen molar-refractivity contribution in [2.45, 2.75) is 39.3 Å². The Kier molecular flexibility index (Phi) is 5.09. The van der Waals surface area contributed by atoms with Crippen molar-refractivity contribution in [2.24, 2.45) is 0 Å². The van der Waals surface area contributed by atoms with Gasteiger partial charge in [-0.25, -0.2) is 0 Å². The molecule has 0 radical (unpaired) electrons. The molecule has 3 rings (SSSR count). The van der Waals surface area contributed by atoms with E-state index in [-0.39, 0.29) is 11.9 Å². The summed E-state index contributed by atoms with van der Waals surface area (Å²) in [4.78, 5) is 12.6. The van der Waals surface area contributed by atoms with Gasteiger partial charge in [-0.1, -0.05) is 48.9 Å². The predicted octanol–water partition coefficient (Wildman–Crippen LogP) is 4.83. The first-order valence-electron chi connectivity index (χ1n) is 8.54. The number of halogens is 1. The summed E-state index contributed by atoms with van der Waals surface area (Å²) >= 11 is 6.20. The monoisotopic (exact) mass is 355 g/mol. The quantitative estimate of drug-likeness (QED) is 0.712. The maximum Gasteiger partial charge on any atom is 0.244 e. The summed E-state index contributed by atoms with van der Waals surface area (Å²) in [5.41, 5.74) is 2.74. The average Bonchev–Trinajstić information content (AvgIpc) is 3.00. The van der Waals surface area contributed by atoms with Crippen LogP contribution in [0.4, 0.5) is 0 Å². The lowest BCUT2D eigenvalue weighted by Crippen LogP contribution is -2.37. The van der Waals surface area contributed by atoms with Crippen LogP contribution in [0, 0.1) is 0 Å². The van der Waals surface area contributed by atoms with Crippen molar-refractivity contribution in [2.75, 3.05) is 0 Å². The number of fused-ring (bicyclic) bond motifs is 1. The second-order valence-corrected chi connectivity index (χ2v) is 6.75. The summed E-state index contributed by atoms with van der Waals surface area (Å²) in [6.07, 6.45) is 0.892. The van der Waals surface area contributed by atoms with Crippen LogP contribution in [0.1, 0.15) is 33.2 Å². The number of carbonyl (C=O) groups is 1. The Morgan fingerprint density at radius 1 is 1.20 bits per heavy atom. The summed E-state index contributed by atoms with van der Waals surface area (Å²) in [5, 5.41) is 9.38. The Morgan fingerprint density at radius 3 is 2.60 bits per heavy atom. The molecular weight excluding hydrogens is 334 g/mol. The minimum Gasteiger partial charge on any atom is -0.352 e. The molecule has 0 unspecified atom stereocenters. The molecular formula is C20H22ClN3O. The normalized spacial score (nSPS) is 13.6. The number of carbonyl (C=O) groups excluding carboxylic acids is 1. The zero-order valence-corrected chi connectivity index (χ0v) is 15.4. The Morgan fingerprint density at radius 2 is 1.92 bits per heavy atom. The van der Waals surface area contributed by atoms with Crippen molar-refractivity contribution in [3.63, 3.8) is 0 Å². The SMILES string of the molecule is CC[C@H](C)NC(=O)[C@H](C)n1nc(-c2ccccc2)c2cc(Cl)ccc21. The zero-order valence-electron chi connectivity index (χ0n) is 14.7. The minimum atomic E-state index is -0.407. The third-order valence-electron chi connectivity index (χ3n) is 4.46. The van der Waals surface area contributed by atoms with Gasteiger partial charge in [-0.2, -0.15) is 5.10 Å². The van der Waals surface area contributed by atoms with Crippen LogP contribution in [0.5, 0.6) is 0 Å². The highest BCUT2D eigenvalue weighted by Crippen LogP contribution is 2.31. The molecule has 1 heterocycles. The first-order chi connectivity index (χ1) is 12.0. The van der Waals surface area contributed by atoms with E-state index in [0.29, 0.717) is 5.02 Å². The summed E-state index contributed by atoms with van der Waals surface area (Å²) in [6, 6.07) is 15.3. The molecule has 25 heavy (non-hydrogen) atoms. The van der Waals surface area contributed by atoms with Crippen molar-refractivity contribution in [1.82, 2.24) is 15.1 Å². The molecule has 0 aliphatic rings. The van der Waals surface area contributed by atoms with Gasteiger partial charge in [-0.15, -0.1) is 0 Å². The largest absolute Gasteiger partial charge is 0.352 e. The average molecular weight is 356 g/mol. The van der Waals surface area contributed by atoms with Gasteiger partial charge in [-0.05, 0) is 38.5 Å².